The van der Waals surface area contributed by atoms with E-state index in [0.29, 0.717) is 0 Å². The van der Waals surface area contributed by atoms with E-state index in [0.717, 1.165) is 20.8 Å². The molecule has 36 atom stereocenters. The number of carbonyl (C=O) groups excluding carboxylic acids is 3. The Morgan fingerprint density at radius 1 is 0.441 bits per heavy atom. The van der Waals surface area contributed by atoms with Gasteiger partial charge in [0.1, 0.15) is 165 Å². The third-order valence-corrected chi connectivity index (χ3v) is 16.7. The van der Waals surface area contributed by atoms with Crippen molar-refractivity contribution < 1.29 is 193 Å². The molecule has 93 heavy (non-hydrogen) atoms. The summed E-state index contributed by atoms with van der Waals surface area (Å²) in [6, 6.07) is -5.34. The Morgan fingerprint density at radius 2 is 0.849 bits per heavy atom. The van der Waals surface area contributed by atoms with Gasteiger partial charge in [-0.15, -0.1) is 0 Å². The Morgan fingerprint density at radius 3 is 1.33 bits per heavy atom. The maximum absolute atomic E-state index is 12.9. The van der Waals surface area contributed by atoms with E-state index in [-0.39, 0.29) is 0 Å². The third-order valence-electron chi connectivity index (χ3n) is 16.7. The van der Waals surface area contributed by atoms with Crippen LogP contribution in [0.2, 0.25) is 0 Å². The molecule has 0 bridgehead atoms. The smallest absolute Gasteiger partial charge is 0.364 e. The SMILES string of the molecule is CC(=O)N[C@H]1[C@H](OC[C@H]2O[C@@H](O[C@H]3[C@H](O)[C@@H](O)[C@H](O)O[C@@H]3CO)[C@H](O)[C@@H](O[C@@H]3O[C@H](CO)[C@@H](O[C@@H]4O[C@H](CO[C@]5(C(=O)O)C[C@H](O)[C@@H](NC(C)=O)[C@H]([C@H](O)[C@H](O)CO)O5)[C@H](O)[C@H](O)[C@H]4O)[C@H](O)[C@H]3NC(C)=O)[C@H]2O)O[C@H](CO)[C@@H](O[C@@H]2O[C@H](CO)[C@H](O)[C@H](O)[C@H]2O)[C@@H]1O. The molecule has 0 aromatic carbocycles. The quantitative estimate of drug-likeness (QED) is 0.0404. The van der Waals surface area contributed by atoms with Crippen LogP contribution in [0.5, 0.6) is 0 Å². The first-order valence-electron chi connectivity index (χ1n) is 29.2. The highest BCUT2D eigenvalue weighted by Gasteiger charge is 2.60. The van der Waals surface area contributed by atoms with Crippen molar-refractivity contribution in [1.82, 2.24) is 16.0 Å². The van der Waals surface area contributed by atoms with E-state index >= 15 is 0 Å². The second-order valence-electron chi connectivity index (χ2n) is 23.3. The Balaban J connectivity index is 1.13. The summed E-state index contributed by atoms with van der Waals surface area (Å²) in [5.41, 5.74) is 0. The van der Waals surface area contributed by atoms with Gasteiger partial charge in [0.15, 0.2) is 37.7 Å². The fourth-order valence-electron chi connectivity index (χ4n) is 11.7. The molecule has 42 heteroatoms. The maximum atomic E-state index is 12.9. The molecular formula is C51H85N3O39. The lowest BCUT2D eigenvalue weighted by atomic mass is 9.88. The second-order valence-corrected chi connectivity index (χ2v) is 23.3. The molecule has 0 aliphatic carbocycles. The van der Waals surface area contributed by atoms with Crippen LogP contribution in [0.15, 0.2) is 0 Å². The van der Waals surface area contributed by atoms with Crippen LogP contribution in [0.25, 0.3) is 0 Å². The molecule has 0 aromatic rings. The molecule has 0 saturated carbocycles. The van der Waals surface area contributed by atoms with Gasteiger partial charge < -0.3 is 190 Å². The zero-order valence-corrected chi connectivity index (χ0v) is 49.6. The van der Waals surface area contributed by atoms with Crippen LogP contribution in [-0.4, -0.2) is 403 Å². The van der Waals surface area contributed by atoms with Gasteiger partial charge in [-0.1, -0.05) is 0 Å². The standard InChI is InChI=1S/C51H85N3O39/c1-12(60)52-23-15(63)4-51(50(79)80,93-42(23)26(65)16(64)5-55)82-11-22-28(67)33(72)37(76)48(88-22)90-40-20(9-59)86-46(25(31(40)70)54-14(3)62)92-43-29(68)21(87-49(38(43)77)91-41-18(7-57)83-44(78)35(74)34(41)73)10-81-45-24(53-13(2)61)30(69)39(19(8-58)85-45)89-47-36(75)32(71)27(66)17(6-56)84-47/h15-49,55-59,63-78H,4-11H2,1-3H3,(H,52,60)(H,53,61)(H,54,62)(H,79,80)/t15-,16+,17+,18+,19+,20+,21+,22+,23+,24+,25+,26+,27-,28-,29-,30+,31+,32-,33-,34+,35+,36+,37+,38+,39+,40+,41+,42+,43-,44+,45+,46-,47-,48-,49-,51+/m0/s1. The van der Waals surface area contributed by atoms with E-state index in [1.165, 1.54) is 0 Å². The Hall–Kier alpha value is -3.48. The van der Waals surface area contributed by atoms with Gasteiger partial charge in [-0.25, -0.2) is 4.79 Å². The number of aliphatic carboxylic acids is 1. The first-order chi connectivity index (χ1) is 43.8. The van der Waals surface area contributed by atoms with E-state index in [1.54, 1.807) is 0 Å². The molecule has 7 aliphatic heterocycles. The molecule has 7 saturated heterocycles. The number of ether oxygens (including phenoxy) is 13. The molecule has 0 unspecified atom stereocenters. The fraction of sp³-hybridized carbons (Fsp3) is 0.922. The number of aliphatic hydroxyl groups is 21. The van der Waals surface area contributed by atoms with Gasteiger partial charge in [-0.05, 0) is 0 Å². The Labute approximate surface area is 525 Å². The predicted molar refractivity (Wildman–Crippen MR) is 284 cm³/mol. The van der Waals surface area contributed by atoms with Crippen molar-refractivity contribution in [2.24, 2.45) is 0 Å². The number of aliphatic hydroxyl groups excluding tert-OH is 21. The van der Waals surface area contributed by atoms with Gasteiger partial charge >= 0.3 is 5.97 Å². The molecule has 3 amide bonds. The Kier molecular flexibility index (Phi) is 27.2. The van der Waals surface area contributed by atoms with Crippen LogP contribution >= 0.6 is 0 Å². The van der Waals surface area contributed by atoms with Gasteiger partial charge in [-0.3, -0.25) is 14.4 Å². The number of carboxylic acids is 1. The van der Waals surface area contributed by atoms with Crippen molar-refractivity contribution in [3.05, 3.63) is 0 Å². The van der Waals surface area contributed by atoms with Crippen molar-refractivity contribution >= 4 is 23.7 Å². The number of nitrogens with one attached hydrogen (secondary N) is 3. The van der Waals surface area contributed by atoms with Crippen LogP contribution < -0.4 is 16.0 Å². The molecule has 0 aromatic heterocycles. The Bertz CT molecular complexity index is 2410. The first-order valence-corrected chi connectivity index (χ1v) is 29.2. The topological polar surface area (TPSA) is 669 Å². The van der Waals surface area contributed by atoms with E-state index < -0.39 is 297 Å². The summed E-state index contributed by atoms with van der Waals surface area (Å²) in [7, 11) is 0. The third kappa shape index (κ3) is 17.0. The van der Waals surface area contributed by atoms with Crippen molar-refractivity contribution in [3.63, 3.8) is 0 Å². The van der Waals surface area contributed by atoms with Crippen molar-refractivity contribution in [3.8, 4) is 0 Å². The fourth-order valence-corrected chi connectivity index (χ4v) is 11.7. The summed E-state index contributed by atoms with van der Waals surface area (Å²) in [5.74, 6) is -7.67. The second kappa shape index (κ2) is 32.9. The molecule has 7 fully saturated rings. The number of carboxylic acid groups (broad SMARTS) is 1. The molecule has 7 aliphatic rings. The first kappa shape index (κ1) is 76.9. The average molecular weight is 1360 g/mol. The number of rotatable bonds is 25. The zero-order chi connectivity index (χ0) is 69.0. The molecule has 538 valence electrons. The summed E-state index contributed by atoms with van der Waals surface area (Å²) in [6.45, 7) is -4.54. The molecule has 25 N–H and O–H groups in total. The van der Waals surface area contributed by atoms with Crippen LogP contribution in [-0.2, 0) is 80.8 Å². The lowest BCUT2D eigenvalue weighted by Gasteiger charge is -2.50. The minimum atomic E-state index is -3.03. The van der Waals surface area contributed by atoms with E-state index in [1.807, 2.05) is 0 Å². The number of hydrogen-bond donors (Lipinski definition) is 25. The summed E-state index contributed by atoms with van der Waals surface area (Å²) in [6.07, 6.45) is -66.4. The van der Waals surface area contributed by atoms with Crippen LogP contribution in [0, 0.1) is 0 Å². The molecule has 7 heterocycles. The van der Waals surface area contributed by atoms with Gasteiger partial charge in [0.2, 0.25) is 17.7 Å². The van der Waals surface area contributed by atoms with E-state index in [4.69, 9.17) is 61.6 Å². The highest BCUT2D eigenvalue weighted by molar-refractivity contribution is 5.77. The monoisotopic (exact) mass is 1360 g/mol. The zero-order valence-electron chi connectivity index (χ0n) is 49.6. The minimum Gasteiger partial charge on any atom is -0.477 e. The average Bonchev–Trinajstić information content (AvgIpc) is 0.784. The molecule has 0 spiro atoms. The van der Waals surface area contributed by atoms with Crippen LogP contribution in [0.3, 0.4) is 0 Å². The maximum Gasteiger partial charge on any atom is 0.364 e. The minimum absolute atomic E-state index is 0.813. The number of carbonyl (C=O) groups is 4. The molecule has 0 radical (unpaired) electrons. The number of amides is 3. The lowest BCUT2D eigenvalue weighted by molar-refractivity contribution is -0.385. The normalized spacial score (nSPS) is 47.2. The highest BCUT2D eigenvalue weighted by Crippen LogP contribution is 2.39. The summed E-state index contributed by atoms with van der Waals surface area (Å²) >= 11 is 0. The van der Waals surface area contributed by atoms with E-state index in [2.05, 4.69) is 16.0 Å². The van der Waals surface area contributed by atoms with Crippen molar-refractivity contribution in [1.29, 1.82) is 0 Å². The molecule has 42 nitrogen and oxygen atoms in total. The summed E-state index contributed by atoms with van der Waals surface area (Å²) in [5, 5.41) is 244. The largest absolute Gasteiger partial charge is 0.477 e. The highest BCUT2D eigenvalue weighted by atomic mass is 16.8. The van der Waals surface area contributed by atoms with Gasteiger partial charge in [0, 0.05) is 27.2 Å². The molecule has 7 rings (SSSR count). The molecular weight excluding hydrogens is 1280 g/mol. The van der Waals surface area contributed by atoms with E-state index in [9.17, 15) is 132 Å². The lowest BCUT2D eigenvalue weighted by Crippen LogP contribution is -2.70. The van der Waals surface area contributed by atoms with Crippen molar-refractivity contribution in [2.75, 3.05) is 46.2 Å². The van der Waals surface area contributed by atoms with Crippen molar-refractivity contribution in [2.45, 2.75) is 248 Å². The predicted octanol–water partition coefficient (Wildman–Crippen LogP) is -16.6. The summed E-state index contributed by atoms with van der Waals surface area (Å²) < 4.78 is 74.6. The van der Waals surface area contributed by atoms with Gasteiger partial charge in [0.05, 0.1) is 58.4 Å². The van der Waals surface area contributed by atoms with Gasteiger partial charge in [0.25, 0.3) is 5.79 Å². The number of hydrogen-bond acceptors (Lipinski definition) is 38. The van der Waals surface area contributed by atoms with Crippen LogP contribution in [0.4, 0.5) is 0 Å². The van der Waals surface area contributed by atoms with Crippen LogP contribution in [0.1, 0.15) is 27.2 Å². The summed E-state index contributed by atoms with van der Waals surface area (Å²) in [4.78, 5) is 50.4. The van der Waals surface area contributed by atoms with Gasteiger partial charge in [-0.2, -0.15) is 0 Å².